The monoisotopic (exact) mass is 804 g/mol. The number of nitrogens with one attached hydrogen (secondary N) is 3. The SMILES string of the molecule is O=C(S)COCCOCCNC(=O)[C@@H](CC(=O)NCCNC(=O)c1ccc(OC(=O)CCN2C(=O)C=CC2=O)c([N+](=O)[O-])c1)OC(=O)CCN1C(=O)C=CC1=O. The molecule has 1 aromatic carbocycles. The van der Waals surface area contributed by atoms with E-state index in [9.17, 15) is 58.1 Å². The van der Waals surface area contributed by atoms with E-state index in [2.05, 4.69) is 28.6 Å². The number of hydrogen-bond donors (Lipinski definition) is 4. The number of benzene rings is 1. The van der Waals surface area contributed by atoms with E-state index in [-0.39, 0.29) is 64.7 Å². The molecule has 2 heterocycles. The average molecular weight is 805 g/mol. The Morgan fingerprint density at radius 3 is 1.91 bits per heavy atom. The molecule has 3 rings (SSSR count). The lowest BCUT2D eigenvalue weighted by molar-refractivity contribution is -0.385. The topological polar surface area (TPSA) is 293 Å². The molecule has 0 saturated heterocycles. The smallest absolute Gasteiger partial charge is 0.313 e. The van der Waals surface area contributed by atoms with Crippen LogP contribution in [0.4, 0.5) is 5.69 Å². The first-order chi connectivity index (χ1) is 26.7. The van der Waals surface area contributed by atoms with Crippen molar-refractivity contribution in [3.05, 3.63) is 58.2 Å². The highest BCUT2D eigenvalue weighted by Gasteiger charge is 2.29. The number of esters is 2. The van der Waals surface area contributed by atoms with Crippen molar-refractivity contribution in [1.82, 2.24) is 25.8 Å². The molecule has 300 valence electrons. The lowest BCUT2D eigenvalue weighted by Crippen LogP contribution is -2.43. The normalized spacial score (nSPS) is 13.8. The quantitative estimate of drug-likeness (QED) is 0.0165. The third-order valence-corrected chi connectivity index (χ3v) is 7.46. The number of carbonyl (C=O) groups is 10. The predicted molar refractivity (Wildman–Crippen MR) is 188 cm³/mol. The fourth-order valence-corrected chi connectivity index (χ4v) is 4.73. The standard InChI is InChI=1S/C33H36N6O16S/c40-24(18-23(33(49)36-11-14-52-15-16-53-19-31(47)56)55-30(46)8-13-38-27(43)5-6-28(38)44)34-9-10-35-32(48)20-1-2-22(21(17-20)39(50)51)54-29(45)7-12-37-25(41)3-4-26(37)42/h1-6,17,23H,7-16,18-19H2,(H,34,40)(H,35,48)(H,36,49)(H,47,56)/t23-/m1/s1. The van der Waals surface area contributed by atoms with Gasteiger partial charge in [-0.3, -0.25) is 67.9 Å². The molecular formula is C33H36N6O16S. The summed E-state index contributed by atoms with van der Waals surface area (Å²) < 4.78 is 20.5. The van der Waals surface area contributed by atoms with Crippen LogP contribution in [0.15, 0.2) is 42.5 Å². The molecule has 0 fully saturated rings. The zero-order chi connectivity index (χ0) is 41.2. The van der Waals surface area contributed by atoms with Gasteiger partial charge < -0.3 is 34.9 Å². The highest BCUT2D eigenvalue weighted by atomic mass is 32.1. The molecule has 1 atom stereocenters. The molecule has 0 radical (unpaired) electrons. The fraction of sp³-hybridized carbons (Fsp3) is 0.394. The first kappa shape index (κ1) is 44.1. The third kappa shape index (κ3) is 14.5. The largest absolute Gasteiger partial charge is 0.452 e. The molecule has 22 nitrogen and oxygen atoms in total. The van der Waals surface area contributed by atoms with Gasteiger partial charge in [-0.2, -0.15) is 0 Å². The summed E-state index contributed by atoms with van der Waals surface area (Å²) in [5.74, 6) is -7.44. The van der Waals surface area contributed by atoms with Crippen molar-refractivity contribution in [2.24, 2.45) is 0 Å². The van der Waals surface area contributed by atoms with E-state index < -0.39 is 100 Å². The van der Waals surface area contributed by atoms with Crippen molar-refractivity contribution in [2.75, 3.05) is 59.2 Å². The van der Waals surface area contributed by atoms with Crippen LogP contribution in [0, 0.1) is 10.1 Å². The Kier molecular flexibility index (Phi) is 17.4. The minimum absolute atomic E-state index is 0.0109. The van der Waals surface area contributed by atoms with Gasteiger partial charge in [-0.25, -0.2) is 0 Å². The van der Waals surface area contributed by atoms with Gasteiger partial charge >= 0.3 is 17.6 Å². The highest BCUT2D eigenvalue weighted by Crippen LogP contribution is 2.28. The number of nitrogens with zero attached hydrogens (tertiary/aromatic N) is 3. The third-order valence-electron chi connectivity index (χ3n) is 7.33. The van der Waals surface area contributed by atoms with Gasteiger partial charge in [0.25, 0.3) is 35.4 Å². The molecular weight excluding hydrogens is 768 g/mol. The Balaban J connectivity index is 1.48. The van der Waals surface area contributed by atoms with Crippen LogP contribution < -0.4 is 20.7 Å². The van der Waals surface area contributed by atoms with Crippen LogP contribution in [0.1, 0.15) is 29.6 Å². The fourth-order valence-electron chi connectivity index (χ4n) is 4.64. The molecule has 23 heteroatoms. The van der Waals surface area contributed by atoms with Gasteiger partial charge in [0.2, 0.25) is 16.8 Å². The number of nitro benzene ring substituents is 1. The van der Waals surface area contributed by atoms with Crippen molar-refractivity contribution < 1.29 is 71.8 Å². The molecule has 3 N–H and O–H groups in total. The molecule has 0 aliphatic carbocycles. The van der Waals surface area contributed by atoms with Gasteiger partial charge in [-0.05, 0) is 12.1 Å². The van der Waals surface area contributed by atoms with E-state index >= 15 is 0 Å². The molecule has 56 heavy (non-hydrogen) atoms. The van der Waals surface area contributed by atoms with Crippen LogP contribution in [-0.4, -0.2) is 138 Å². The van der Waals surface area contributed by atoms with Crippen molar-refractivity contribution in [3.8, 4) is 5.75 Å². The van der Waals surface area contributed by atoms with Gasteiger partial charge in [-0.1, -0.05) is 0 Å². The van der Waals surface area contributed by atoms with E-state index in [1.54, 1.807) is 0 Å². The Labute approximate surface area is 322 Å². The van der Waals surface area contributed by atoms with E-state index in [0.717, 1.165) is 52.3 Å². The Hall–Kier alpha value is -6.33. The second-order valence-electron chi connectivity index (χ2n) is 11.4. The van der Waals surface area contributed by atoms with Crippen LogP contribution in [0.25, 0.3) is 0 Å². The lowest BCUT2D eigenvalue weighted by Gasteiger charge is -2.19. The molecule has 1 aromatic rings. The molecule has 0 spiro atoms. The number of ether oxygens (including phenoxy) is 4. The Morgan fingerprint density at radius 1 is 0.750 bits per heavy atom. The lowest BCUT2D eigenvalue weighted by atomic mass is 10.1. The zero-order valence-corrected chi connectivity index (χ0v) is 30.3. The molecule has 2 aliphatic rings. The molecule has 7 amide bonds. The number of nitro groups is 1. The maximum atomic E-state index is 12.8. The van der Waals surface area contributed by atoms with Crippen molar-refractivity contribution in [3.63, 3.8) is 0 Å². The minimum atomic E-state index is -1.65. The minimum Gasteiger partial charge on any atom is -0.452 e. The zero-order valence-electron chi connectivity index (χ0n) is 29.4. The van der Waals surface area contributed by atoms with E-state index in [0.29, 0.717) is 0 Å². The van der Waals surface area contributed by atoms with E-state index in [1.807, 2.05) is 0 Å². The van der Waals surface area contributed by atoms with Gasteiger partial charge in [-0.15, -0.1) is 12.6 Å². The molecule has 0 saturated carbocycles. The summed E-state index contributed by atoms with van der Waals surface area (Å²) in [6.45, 7) is -1.19. The van der Waals surface area contributed by atoms with Crippen LogP contribution in [0.2, 0.25) is 0 Å². The van der Waals surface area contributed by atoms with Gasteiger partial charge in [0.05, 0.1) is 44.0 Å². The predicted octanol–water partition coefficient (Wildman–Crippen LogP) is -2.12. The summed E-state index contributed by atoms with van der Waals surface area (Å²) in [4.78, 5) is 133. The van der Waals surface area contributed by atoms with Crippen LogP contribution in [0.3, 0.4) is 0 Å². The van der Waals surface area contributed by atoms with Crippen molar-refractivity contribution in [1.29, 1.82) is 0 Å². The summed E-state index contributed by atoms with van der Waals surface area (Å²) in [6, 6.07) is 3.00. The number of imide groups is 2. The summed E-state index contributed by atoms with van der Waals surface area (Å²) in [7, 11) is 0. The molecule has 0 aromatic heterocycles. The summed E-state index contributed by atoms with van der Waals surface area (Å²) in [6.07, 6.45) is 0.857. The van der Waals surface area contributed by atoms with Crippen molar-refractivity contribution >= 4 is 76.7 Å². The van der Waals surface area contributed by atoms with Gasteiger partial charge in [0.1, 0.15) is 6.61 Å². The summed E-state index contributed by atoms with van der Waals surface area (Å²) in [5, 5.41) is 18.5. The maximum Gasteiger partial charge on any atom is 0.313 e. The first-order valence-electron chi connectivity index (χ1n) is 16.6. The second-order valence-corrected chi connectivity index (χ2v) is 11.9. The van der Waals surface area contributed by atoms with Gasteiger partial charge in [0.15, 0.2) is 6.10 Å². The van der Waals surface area contributed by atoms with Crippen LogP contribution in [0.5, 0.6) is 5.75 Å². The second kappa shape index (κ2) is 22.1. The summed E-state index contributed by atoms with van der Waals surface area (Å²) >= 11 is 3.56. The molecule has 2 aliphatic heterocycles. The average Bonchev–Trinajstić information content (AvgIpc) is 3.65. The number of amides is 7. The first-order valence-corrected chi connectivity index (χ1v) is 17.1. The Morgan fingerprint density at radius 2 is 1.32 bits per heavy atom. The maximum absolute atomic E-state index is 12.8. The van der Waals surface area contributed by atoms with E-state index in [4.69, 9.17) is 18.9 Å². The Bertz CT molecular complexity index is 1780. The summed E-state index contributed by atoms with van der Waals surface area (Å²) in [5.41, 5.74) is -0.936. The molecule has 0 bridgehead atoms. The van der Waals surface area contributed by atoms with Crippen LogP contribution >= 0.6 is 12.6 Å². The van der Waals surface area contributed by atoms with Crippen LogP contribution in [-0.2, 0) is 57.4 Å². The molecule has 0 unspecified atom stereocenters. The highest BCUT2D eigenvalue weighted by molar-refractivity contribution is 7.96. The number of carbonyl (C=O) groups excluding carboxylic acids is 10. The number of hydrogen-bond acceptors (Lipinski definition) is 16. The van der Waals surface area contributed by atoms with E-state index in [1.165, 1.54) is 0 Å². The number of thiol groups is 1. The van der Waals surface area contributed by atoms with Gasteiger partial charge in [0, 0.05) is 68.7 Å². The number of rotatable bonds is 24. The van der Waals surface area contributed by atoms with Crippen molar-refractivity contribution in [2.45, 2.75) is 25.4 Å².